The van der Waals surface area contributed by atoms with E-state index in [1.807, 2.05) is 6.07 Å². The Labute approximate surface area is 91.3 Å². The van der Waals surface area contributed by atoms with Crippen molar-refractivity contribution >= 4 is 15.9 Å². The standard InChI is InChI=1S/C10H11BrN2O/c1-10(13,6-14)8-3-2-7(5-12)4-9(8)11/h2-4,14H,6,13H2,1H3/t10-/m1/s1. The largest absolute Gasteiger partial charge is 0.394 e. The molecule has 0 aromatic heterocycles. The quantitative estimate of drug-likeness (QED) is 0.841. The third-order valence-corrected chi connectivity index (χ3v) is 2.70. The van der Waals surface area contributed by atoms with Crippen LogP contribution >= 0.6 is 15.9 Å². The average Bonchev–Trinajstić information content (AvgIpc) is 2.17. The van der Waals surface area contributed by atoms with E-state index >= 15 is 0 Å². The Bertz CT molecular complexity index is 382. The van der Waals surface area contributed by atoms with Crippen LogP contribution in [0.2, 0.25) is 0 Å². The molecule has 0 fully saturated rings. The maximum absolute atomic E-state index is 9.09. The van der Waals surface area contributed by atoms with Gasteiger partial charge in [0.05, 0.1) is 23.8 Å². The van der Waals surface area contributed by atoms with Crippen molar-refractivity contribution in [3.05, 3.63) is 33.8 Å². The molecule has 1 rings (SSSR count). The third kappa shape index (κ3) is 2.13. The highest BCUT2D eigenvalue weighted by Crippen LogP contribution is 2.26. The van der Waals surface area contributed by atoms with Crippen molar-refractivity contribution in [2.45, 2.75) is 12.5 Å². The number of hydrogen-bond donors (Lipinski definition) is 2. The van der Waals surface area contributed by atoms with Crippen molar-refractivity contribution < 1.29 is 5.11 Å². The zero-order valence-electron chi connectivity index (χ0n) is 7.79. The second kappa shape index (κ2) is 4.09. The summed E-state index contributed by atoms with van der Waals surface area (Å²) in [5.74, 6) is 0. The molecule has 0 aliphatic rings. The van der Waals surface area contributed by atoms with Crippen molar-refractivity contribution in [1.29, 1.82) is 5.26 Å². The average molecular weight is 255 g/mol. The van der Waals surface area contributed by atoms with Gasteiger partial charge in [-0.2, -0.15) is 5.26 Å². The third-order valence-electron chi connectivity index (χ3n) is 2.04. The summed E-state index contributed by atoms with van der Waals surface area (Å²) >= 11 is 3.32. The lowest BCUT2D eigenvalue weighted by Gasteiger charge is -2.23. The van der Waals surface area contributed by atoms with Gasteiger partial charge in [0.1, 0.15) is 0 Å². The lowest BCUT2D eigenvalue weighted by Crippen LogP contribution is -2.37. The molecule has 0 bridgehead atoms. The first-order valence-corrected chi connectivity index (χ1v) is 4.90. The molecule has 74 valence electrons. The predicted molar refractivity (Wildman–Crippen MR) is 57.5 cm³/mol. The minimum Gasteiger partial charge on any atom is -0.394 e. The Hall–Kier alpha value is -0.890. The fraction of sp³-hybridized carbons (Fsp3) is 0.300. The number of halogens is 1. The summed E-state index contributed by atoms with van der Waals surface area (Å²) in [6.45, 7) is 1.59. The van der Waals surface area contributed by atoms with Crippen LogP contribution in [-0.4, -0.2) is 11.7 Å². The van der Waals surface area contributed by atoms with Gasteiger partial charge in [-0.25, -0.2) is 0 Å². The predicted octanol–water partition coefficient (Wildman–Crippen LogP) is 1.49. The SMILES string of the molecule is C[C@@](N)(CO)c1ccc(C#N)cc1Br. The number of benzene rings is 1. The molecule has 1 atom stereocenters. The first-order chi connectivity index (χ1) is 6.51. The summed E-state index contributed by atoms with van der Waals surface area (Å²) in [4.78, 5) is 0. The number of nitrogens with zero attached hydrogens (tertiary/aromatic N) is 1. The van der Waals surface area contributed by atoms with Gasteiger partial charge in [-0.3, -0.25) is 0 Å². The smallest absolute Gasteiger partial charge is 0.0992 e. The fourth-order valence-corrected chi connectivity index (χ4v) is 1.96. The van der Waals surface area contributed by atoms with Gasteiger partial charge in [0.25, 0.3) is 0 Å². The molecule has 0 spiro atoms. The van der Waals surface area contributed by atoms with Crippen LogP contribution in [0.3, 0.4) is 0 Å². The van der Waals surface area contributed by atoms with Crippen LogP contribution in [0.15, 0.2) is 22.7 Å². The zero-order valence-corrected chi connectivity index (χ0v) is 9.37. The van der Waals surface area contributed by atoms with Crippen molar-refractivity contribution in [3.63, 3.8) is 0 Å². The molecule has 4 heteroatoms. The minimum absolute atomic E-state index is 0.141. The van der Waals surface area contributed by atoms with E-state index in [1.54, 1.807) is 25.1 Å². The number of rotatable bonds is 2. The second-order valence-electron chi connectivity index (χ2n) is 3.38. The number of aliphatic hydroxyl groups is 1. The maximum atomic E-state index is 9.09. The fourth-order valence-electron chi connectivity index (χ4n) is 1.13. The zero-order chi connectivity index (χ0) is 10.8. The molecule has 0 saturated carbocycles. The maximum Gasteiger partial charge on any atom is 0.0992 e. The van der Waals surface area contributed by atoms with Gasteiger partial charge in [0.15, 0.2) is 0 Å². The minimum atomic E-state index is -0.785. The summed E-state index contributed by atoms with van der Waals surface area (Å²) in [5, 5.41) is 17.7. The van der Waals surface area contributed by atoms with Crippen molar-refractivity contribution in [1.82, 2.24) is 0 Å². The molecule has 3 N–H and O–H groups in total. The second-order valence-corrected chi connectivity index (χ2v) is 4.24. The van der Waals surface area contributed by atoms with Crippen molar-refractivity contribution in [2.75, 3.05) is 6.61 Å². The molecular weight excluding hydrogens is 244 g/mol. The molecule has 3 nitrogen and oxygen atoms in total. The monoisotopic (exact) mass is 254 g/mol. The van der Waals surface area contributed by atoms with E-state index in [9.17, 15) is 0 Å². The van der Waals surface area contributed by atoms with Gasteiger partial charge >= 0.3 is 0 Å². The van der Waals surface area contributed by atoms with E-state index in [-0.39, 0.29) is 6.61 Å². The topological polar surface area (TPSA) is 70.0 Å². The Morgan fingerprint density at radius 1 is 1.64 bits per heavy atom. The Morgan fingerprint density at radius 2 is 2.29 bits per heavy atom. The summed E-state index contributed by atoms with van der Waals surface area (Å²) in [6, 6.07) is 7.15. The van der Waals surface area contributed by atoms with Gasteiger partial charge in [0, 0.05) is 4.47 Å². The van der Waals surface area contributed by atoms with Crippen LogP contribution in [0.4, 0.5) is 0 Å². The van der Waals surface area contributed by atoms with E-state index < -0.39 is 5.54 Å². The van der Waals surface area contributed by atoms with Gasteiger partial charge in [0.2, 0.25) is 0 Å². The van der Waals surface area contributed by atoms with E-state index in [1.165, 1.54) is 0 Å². The number of hydrogen-bond acceptors (Lipinski definition) is 3. The molecule has 1 aromatic carbocycles. The summed E-state index contributed by atoms with van der Waals surface area (Å²) < 4.78 is 0.746. The van der Waals surface area contributed by atoms with Crippen molar-refractivity contribution in [2.24, 2.45) is 5.73 Å². The van der Waals surface area contributed by atoms with E-state index in [4.69, 9.17) is 16.1 Å². The van der Waals surface area contributed by atoms with Gasteiger partial charge in [-0.1, -0.05) is 22.0 Å². The van der Waals surface area contributed by atoms with Crippen LogP contribution in [0, 0.1) is 11.3 Å². The molecular formula is C10H11BrN2O. The highest BCUT2D eigenvalue weighted by Gasteiger charge is 2.22. The van der Waals surface area contributed by atoms with Gasteiger partial charge < -0.3 is 10.8 Å². The molecule has 1 aromatic rings. The summed E-state index contributed by atoms with van der Waals surface area (Å²) in [5.41, 5.74) is 6.44. The molecule has 0 aliphatic heterocycles. The van der Waals surface area contributed by atoms with Crippen LogP contribution in [0.5, 0.6) is 0 Å². The summed E-state index contributed by atoms with van der Waals surface area (Å²) in [6.07, 6.45) is 0. The number of nitriles is 1. The van der Waals surface area contributed by atoms with Gasteiger partial charge in [-0.05, 0) is 24.6 Å². The normalized spacial score (nSPS) is 14.5. The number of aliphatic hydroxyl groups excluding tert-OH is 1. The molecule has 14 heavy (non-hydrogen) atoms. The molecule has 0 radical (unpaired) electrons. The van der Waals surface area contributed by atoms with Crippen LogP contribution in [0.1, 0.15) is 18.1 Å². The highest BCUT2D eigenvalue weighted by molar-refractivity contribution is 9.10. The molecule has 0 unspecified atom stereocenters. The highest BCUT2D eigenvalue weighted by atomic mass is 79.9. The molecule has 0 amide bonds. The first-order valence-electron chi connectivity index (χ1n) is 4.11. The van der Waals surface area contributed by atoms with E-state index in [0.717, 1.165) is 10.0 Å². The Morgan fingerprint density at radius 3 is 2.71 bits per heavy atom. The lowest BCUT2D eigenvalue weighted by molar-refractivity contribution is 0.209. The van der Waals surface area contributed by atoms with E-state index in [0.29, 0.717) is 5.56 Å². The molecule has 0 heterocycles. The molecule has 0 saturated heterocycles. The van der Waals surface area contributed by atoms with E-state index in [2.05, 4.69) is 15.9 Å². The summed E-state index contributed by atoms with van der Waals surface area (Å²) in [7, 11) is 0. The first kappa shape index (κ1) is 11.2. The number of nitrogens with two attached hydrogens (primary N) is 1. The Kier molecular flexibility index (Phi) is 3.27. The molecule has 0 aliphatic carbocycles. The van der Waals surface area contributed by atoms with Crippen LogP contribution in [0.25, 0.3) is 0 Å². The lowest BCUT2D eigenvalue weighted by atomic mass is 9.93. The van der Waals surface area contributed by atoms with Crippen molar-refractivity contribution in [3.8, 4) is 6.07 Å². The Balaban J connectivity index is 3.20. The van der Waals surface area contributed by atoms with Crippen LogP contribution < -0.4 is 5.73 Å². The van der Waals surface area contributed by atoms with Crippen LogP contribution in [-0.2, 0) is 5.54 Å². The van der Waals surface area contributed by atoms with Gasteiger partial charge in [-0.15, -0.1) is 0 Å².